The number of anilines is 2. The van der Waals surface area contributed by atoms with Gasteiger partial charge in [0.05, 0.1) is 6.04 Å². The average Bonchev–Trinajstić information content (AvgIpc) is 2.90. The Hall–Kier alpha value is -2.55. The number of hydrogen-bond donors (Lipinski definition) is 2. The normalized spacial score (nSPS) is 16.9. The van der Waals surface area contributed by atoms with Gasteiger partial charge in [0.25, 0.3) is 0 Å². The number of rotatable bonds is 2. The summed E-state index contributed by atoms with van der Waals surface area (Å²) in [5, 5.41) is 6.07. The Morgan fingerprint density at radius 1 is 1.14 bits per heavy atom. The van der Waals surface area contributed by atoms with Gasteiger partial charge in [0.1, 0.15) is 0 Å². The predicted molar refractivity (Wildman–Crippen MR) is 87.3 cm³/mol. The van der Waals surface area contributed by atoms with Crippen molar-refractivity contribution in [1.82, 2.24) is 4.98 Å². The van der Waals surface area contributed by atoms with E-state index in [1.807, 2.05) is 18.5 Å². The maximum absolute atomic E-state index is 5.88. The molecule has 104 valence electrons. The van der Waals surface area contributed by atoms with Crippen LogP contribution in [0.4, 0.5) is 11.4 Å². The first kappa shape index (κ1) is 12.2. The molecule has 3 nitrogen and oxygen atoms in total. The van der Waals surface area contributed by atoms with Crippen LogP contribution in [0.1, 0.15) is 23.6 Å². The van der Waals surface area contributed by atoms with E-state index < -0.39 is 0 Å². The van der Waals surface area contributed by atoms with Crippen molar-refractivity contribution in [1.29, 1.82) is 0 Å². The fourth-order valence-electron chi connectivity index (χ4n) is 3.22. The van der Waals surface area contributed by atoms with E-state index in [-0.39, 0.29) is 0 Å². The molecule has 0 bridgehead atoms. The molecule has 3 heteroatoms. The molecule has 3 N–H and O–H groups in total. The molecule has 0 saturated carbocycles. The summed E-state index contributed by atoms with van der Waals surface area (Å²) in [6.07, 6.45) is 5.95. The summed E-state index contributed by atoms with van der Waals surface area (Å²) in [5.41, 5.74) is 10.6. The summed E-state index contributed by atoms with van der Waals surface area (Å²) in [4.78, 5) is 4.19. The molecule has 1 heterocycles. The third kappa shape index (κ3) is 2.11. The summed E-state index contributed by atoms with van der Waals surface area (Å²) >= 11 is 0. The van der Waals surface area contributed by atoms with Crippen LogP contribution in [0.25, 0.3) is 10.8 Å². The van der Waals surface area contributed by atoms with Gasteiger partial charge >= 0.3 is 0 Å². The van der Waals surface area contributed by atoms with Crippen molar-refractivity contribution in [2.75, 3.05) is 11.1 Å². The number of pyridine rings is 1. The van der Waals surface area contributed by atoms with E-state index in [9.17, 15) is 0 Å². The molecular weight excluding hydrogens is 258 g/mol. The van der Waals surface area contributed by atoms with Crippen LogP contribution in [-0.4, -0.2) is 4.98 Å². The molecule has 0 radical (unpaired) electrons. The predicted octanol–water partition coefficient (Wildman–Crippen LogP) is 3.92. The summed E-state index contributed by atoms with van der Waals surface area (Å²) in [5.74, 6) is 0. The second kappa shape index (κ2) is 4.77. The van der Waals surface area contributed by atoms with Gasteiger partial charge in [-0.25, -0.2) is 0 Å². The lowest BCUT2D eigenvalue weighted by molar-refractivity contribution is 0.763. The quantitative estimate of drug-likeness (QED) is 0.697. The molecule has 1 unspecified atom stereocenters. The number of hydrogen-bond acceptors (Lipinski definition) is 3. The lowest BCUT2D eigenvalue weighted by Gasteiger charge is -2.17. The largest absolute Gasteiger partial charge is 0.399 e. The van der Waals surface area contributed by atoms with Crippen molar-refractivity contribution in [2.24, 2.45) is 0 Å². The highest BCUT2D eigenvalue weighted by atomic mass is 14.9. The van der Waals surface area contributed by atoms with Gasteiger partial charge < -0.3 is 11.1 Å². The standard InChI is InChI=1S/C18H17N3/c19-14-5-6-15-12(10-14)4-7-18(15)21-17-3-1-2-13-11-20-9-8-16(13)17/h1-3,5-6,8-11,18,21H,4,7,19H2. The number of aromatic nitrogens is 1. The highest BCUT2D eigenvalue weighted by molar-refractivity contribution is 5.93. The van der Waals surface area contributed by atoms with Crippen LogP contribution in [0.2, 0.25) is 0 Å². The minimum absolute atomic E-state index is 0.361. The van der Waals surface area contributed by atoms with Crippen molar-refractivity contribution < 1.29 is 0 Å². The van der Waals surface area contributed by atoms with Crippen LogP contribution in [0.15, 0.2) is 54.9 Å². The molecule has 0 fully saturated rings. The van der Waals surface area contributed by atoms with Gasteiger partial charge in [0.15, 0.2) is 0 Å². The number of nitrogens with one attached hydrogen (secondary N) is 1. The number of nitrogen functional groups attached to an aromatic ring is 1. The monoisotopic (exact) mass is 275 g/mol. The second-order valence-electron chi connectivity index (χ2n) is 5.60. The van der Waals surface area contributed by atoms with Gasteiger partial charge in [0, 0.05) is 34.5 Å². The third-order valence-electron chi connectivity index (χ3n) is 4.26. The molecule has 1 atom stereocenters. The SMILES string of the molecule is Nc1ccc2c(c1)CCC2Nc1cccc2cnccc12. The second-order valence-corrected chi connectivity index (χ2v) is 5.60. The van der Waals surface area contributed by atoms with Gasteiger partial charge in [-0.3, -0.25) is 4.98 Å². The molecule has 4 rings (SSSR count). The smallest absolute Gasteiger partial charge is 0.0519 e. The van der Waals surface area contributed by atoms with Crippen molar-refractivity contribution in [2.45, 2.75) is 18.9 Å². The Balaban J connectivity index is 1.71. The molecular formula is C18H17N3. The van der Waals surface area contributed by atoms with Gasteiger partial charge in [-0.2, -0.15) is 0 Å². The van der Waals surface area contributed by atoms with Crippen molar-refractivity contribution in [3.05, 3.63) is 66.0 Å². The Bertz CT molecular complexity index is 805. The zero-order valence-corrected chi connectivity index (χ0v) is 11.7. The first-order valence-electron chi connectivity index (χ1n) is 7.29. The van der Waals surface area contributed by atoms with Crippen LogP contribution in [0.3, 0.4) is 0 Å². The zero-order chi connectivity index (χ0) is 14.2. The van der Waals surface area contributed by atoms with Crippen LogP contribution in [0.5, 0.6) is 0 Å². The summed E-state index contributed by atoms with van der Waals surface area (Å²) in [7, 11) is 0. The molecule has 1 aliphatic carbocycles. The van der Waals surface area contributed by atoms with Crippen molar-refractivity contribution >= 4 is 22.1 Å². The van der Waals surface area contributed by atoms with Gasteiger partial charge in [-0.1, -0.05) is 18.2 Å². The topological polar surface area (TPSA) is 50.9 Å². The Labute approximate surface area is 123 Å². The summed E-state index contributed by atoms with van der Waals surface area (Å²) in [6.45, 7) is 0. The van der Waals surface area contributed by atoms with Gasteiger partial charge in [0.2, 0.25) is 0 Å². The molecule has 21 heavy (non-hydrogen) atoms. The number of nitrogens with zero attached hydrogens (tertiary/aromatic N) is 1. The van der Waals surface area contributed by atoms with E-state index in [1.165, 1.54) is 22.2 Å². The minimum atomic E-state index is 0.361. The lowest BCUT2D eigenvalue weighted by atomic mass is 10.1. The van der Waals surface area contributed by atoms with Crippen LogP contribution < -0.4 is 11.1 Å². The zero-order valence-electron chi connectivity index (χ0n) is 11.7. The molecule has 0 spiro atoms. The average molecular weight is 275 g/mol. The van der Waals surface area contributed by atoms with Gasteiger partial charge in [-0.05, 0) is 48.2 Å². The maximum Gasteiger partial charge on any atom is 0.0519 e. The third-order valence-corrected chi connectivity index (χ3v) is 4.26. The van der Waals surface area contributed by atoms with E-state index in [2.05, 4.69) is 46.7 Å². The van der Waals surface area contributed by atoms with Crippen molar-refractivity contribution in [3.63, 3.8) is 0 Å². The van der Waals surface area contributed by atoms with E-state index in [0.29, 0.717) is 6.04 Å². The first-order valence-corrected chi connectivity index (χ1v) is 7.29. The van der Waals surface area contributed by atoms with E-state index >= 15 is 0 Å². The number of benzene rings is 2. The van der Waals surface area contributed by atoms with Crippen LogP contribution in [0, 0.1) is 0 Å². The highest BCUT2D eigenvalue weighted by Gasteiger charge is 2.22. The van der Waals surface area contributed by atoms with Gasteiger partial charge in [-0.15, -0.1) is 0 Å². The van der Waals surface area contributed by atoms with Crippen LogP contribution >= 0.6 is 0 Å². The Morgan fingerprint density at radius 2 is 2.10 bits per heavy atom. The number of nitrogens with two attached hydrogens (primary N) is 1. The number of fused-ring (bicyclic) bond motifs is 2. The van der Waals surface area contributed by atoms with Crippen LogP contribution in [-0.2, 0) is 6.42 Å². The van der Waals surface area contributed by atoms with Crippen molar-refractivity contribution in [3.8, 4) is 0 Å². The Kier molecular flexibility index (Phi) is 2.78. The first-order chi connectivity index (χ1) is 10.3. The molecule has 1 aromatic heterocycles. The number of aryl methyl sites for hydroxylation is 1. The minimum Gasteiger partial charge on any atom is -0.399 e. The Morgan fingerprint density at radius 3 is 3.05 bits per heavy atom. The fourth-order valence-corrected chi connectivity index (χ4v) is 3.22. The maximum atomic E-state index is 5.88. The molecule has 0 saturated heterocycles. The fraction of sp³-hybridized carbons (Fsp3) is 0.167. The lowest BCUT2D eigenvalue weighted by Crippen LogP contribution is -2.07. The molecule has 2 aromatic carbocycles. The van der Waals surface area contributed by atoms with E-state index in [1.54, 1.807) is 0 Å². The molecule has 0 amide bonds. The summed E-state index contributed by atoms with van der Waals surface area (Å²) < 4.78 is 0. The molecule has 0 aliphatic heterocycles. The van der Waals surface area contributed by atoms with E-state index in [4.69, 9.17) is 5.73 Å². The molecule has 3 aromatic rings. The van der Waals surface area contributed by atoms with E-state index in [0.717, 1.165) is 23.9 Å². The highest BCUT2D eigenvalue weighted by Crippen LogP contribution is 2.36. The molecule has 1 aliphatic rings. The summed E-state index contributed by atoms with van der Waals surface area (Å²) in [6, 6.07) is 15.0.